The Kier molecular flexibility index (Phi) is 3.95. The summed E-state index contributed by atoms with van der Waals surface area (Å²) in [7, 11) is 2.06. The summed E-state index contributed by atoms with van der Waals surface area (Å²) < 4.78 is 0. The fourth-order valence-corrected chi connectivity index (χ4v) is 2.94. The van der Waals surface area contributed by atoms with Crippen molar-refractivity contribution in [1.29, 1.82) is 0 Å². The maximum atomic E-state index is 5.84. The summed E-state index contributed by atoms with van der Waals surface area (Å²) in [5.74, 6) is 2.07. The van der Waals surface area contributed by atoms with Gasteiger partial charge < -0.3 is 5.32 Å². The smallest absolute Gasteiger partial charge is 0.0406 e. The maximum Gasteiger partial charge on any atom is 0.0406 e. The first-order chi connectivity index (χ1) is 7.29. The molecule has 0 spiro atoms. The van der Waals surface area contributed by atoms with Gasteiger partial charge in [0.15, 0.2) is 0 Å². The number of benzene rings is 1. The number of nitrogens with one attached hydrogen (secondary N) is 1. The first kappa shape index (κ1) is 11.3. The molecule has 0 heterocycles. The summed E-state index contributed by atoms with van der Waals surface area (Å²) in [6.45, 7) is 0. The van der Waals surface area contributed by atoms with Gasteiger partial charge in [0.25, 0.3) is 0 Å². The molecule has 1 nitrogen and oxygen atoms in total. The summed E-state index contributed by atoms with van der Waals surface area (Å²) in [5, 5.41) is 4.21. The molecule has 1 aromatic carbocycles. The van der Waals surface area contributed by atoms with Gasteiger partial charge >= 0.3 is 0 Å². The van der Waals surface area contributed by atoms with E-state index in [1.54, 1.807) is 0 Å². The maximum absolute atomic E-state index is 5.84. The molecule has 1 aromatic rings. The zero-order valence-electron chi connectivity index (χ0n) is 8.87. The quantitative estimate of drug-likeness (QED) is 0.793. The monoisotopic (exact) mass is 241 g/mol. The summed E-state index contributed by atoms with van der Waals surface area (Å²) in [4.78, 5) is 1.31. The Morgan fingerprint density at radius 1 is 1.40 bits per heavy atom. The van der Waals surface area contributed by atoms with Gasteiger partial charge in [-0.1, -0.05) is 11.6 Å². The Hall–Kier alpha value is -0.180. The van der Waals surface area contributed by atoms with Gasteiger partial charge in [0.05, 0.1) is 0 Å². The first-order valence-electron chi connectivity index (χ1n) is 5.35. The van der Waals surface area contributed by atoms with E-state index in [0.29, 0.717) is 6.04 Å². The molecular formula is C12H16ClNS. The van der Waals surface area contributed by atoms with Crippen molar-refractivity contribution in [3.63, 3.8) is 0 Å². The van der Waals surface area contributed by atoms with Crippen LogP contribution < -0.4 is 5.32 Å². The second-order valence-electron chi connectivity index (χ2n) is 4.00. The van der Waals surface area contributed by atoms with Crippen molar-refractivity contribution in [2.75, 3.05) is 12.8 Å². The van der Waals surface area contributed by atoms with E-state index >= 15 is 0 Å². The molecule has 0 amide bonds. The second kappa shape index (κ2) is 5.24. The van der Waals surface area contributed by atoms with Crippen molar-refractivity contribution in [2.24, 2.45) is 5.92 Å². The predicted molar refractivity (Wildman–Crippen MR) is 67.7 cm³/mol. The zero-order chi connectivity index (χ0) is 10.7. The van der Waals surface area contributed by atoms with Gasteiger partial charge in [-0.25, -0.2) is 0 Å². The number of hydrogen-bond donors (Lipinski definition) is 1. The van der Waals surface area contributed by atoms with Crippen molar-refractivity contribution in [3.8, 4) is 0 Å². The molecular weight excluding hydrogens is 226 g/mol. The lowest BCUT2D eigenvalue weighted by Crippen LogP contribution is -2.29. The van der Waals surface area contributed by atoms with Crippen LogP contribution in [0.2, 0.25) is 5.02 Å². The summed E-state index contributed by atoms with van der Waals surface area (Å²) in [6, 6.07) is 8.76. The molecule has 0 unspecified atom stereocenters. The Morgan fingerprint density at radius 3 is 2.60 bits per heavy atom. The van der Waals surface area contributed by atoms with Crippen molar-refractivity contribution in [2.45, 2.75) is 23.8 Å². The highest BCUT2D eigenvalue weighted by atomic mass is 35.5. The van der Waals surface area contributed by atoms with Crippen LogP contribution in [0.15, 0.2) is 29.2 Å². The molecule has 1 N–H and O–H groups in total. The van der Waals surface area contributed by atoms with E-state index in [2.05, 4.69) is 24.5 Å². The minimum atomic E-state index is 0.672. The summed E-state index contributed by atoms with van der Waals surface area (Å²) >= 11 is 7.75. The van der Waals surface area contributed by atoms with E-state index in [-0.39, 0.29) is 0 Å². The molecule has 0 radical (unpaired) electrons. The van der Waals surface area contributed by atoms with E-state index in [1.807, 2.05) is 23.9 Å². The van der Waals surface area contributed by atoms with E-state index in [0.717, 1.165) is 16.7 Å². The van der Waals surface area contributed by atoms with E-state index in [9.17, 15) is 0 Å². The minimum Gasteiger partial charge on any atom is -0.316 e. The highest BCUT2D eigenvalue weighted by Crippen LogP contribution is 2.35. The molecule has 0 saturated heterocycles. The third-order valence-corrected chi connectivity index (χ3v) is 4.19. The first-order valence-corrected chi connectivity index (χ1v) is 6.71. The Labute approximate surface area is 101 Å². The lowest BCUT2D eigenvalue weighted by atomic mass is 10.2. The molecule has 0 bridgehead atoms. The number of hydrogen-bond acceptors (Lipinski definition) is 2. The fourth-order valence-electron chi connectivity index (χ4n) is 1.67. The van der Waals surface area contributed by atoms with Gasteiger partial charge in [-0.2, -0.15) is 0 Å². The SMILES string of the molecule is CN[C@H](CSc1ccc(Cl)cc1)C1CC1. The van der Waals surface area contributed by atoms with Gasteiger partial charge in [0.2, 0.25) is 0 Å². The highest BCUT2D eigenvalue weighted by molar-refractivity contribution is 7.99. The molecule has 15 heavy (non-hydrogen) atoms. The van der Waals surface area contributed by atoms with Crippen molar-refractivity contribution < 1.29 is 0 Å². The molecule has 3 heteroatoms. The van der Waals surface area contributed by atoms with Crippen molar-refractivity contribution in [1.82, 2.24) is 5.32 Å². The molecule has 1 atom stereocenters. The van der Waals surface area contributed by atoms with Crippen LogP contribution in [0.5, 0.6) is 0 Å². The van der Waals surface area contributed by atoms with E-state index in [1.165, 1.54) is 17.7 Å². The molecule has 0 aliphatic heterocycles. The summed E-state index contributed by atoms with van der Waals surface area (Å²) in [5.41, 5.74) is 0. The van der Waals surface area contributed by atoms with Crippen LogP contribution in [0.3, 0.4) is 0 Å². The van der Waals surface area contributed by atoms with Crippen molar-refractivity contribution >= 4 is 23.4 Å². The molecule has 1 aliphatic rings. The molecule has 1 saturated carbocycles. The summed E-state index contributed by atoms with van der Waals surface area (Å²) in [6.07, 6.45) is 2.79. The number of thioether (sulfide) groups is 1. The standard InChI is InChI=1S/C12H16ClNS/c1-14-12(9-2-3-9)8-15-11-6-4-10(13)5-7-11/h4-7,9,12,14H,2-3,8H2,1H3/t12-/m1/s1. The van der Waals surface area contributed by atoms with Gasteiger partial charge in [-0.05, 0) is 50.1 Å². The van der Waals surface area contributed by atoms with Crippen molar-refractivity contribution in [3.05, 3.63) is 29.3 Å². The fraction of sp³-hybridized carbons (Fsp3) is 0.500. The van der Waals surface area contributed by atoms with Crippen LogP contribution in [0, 0.1) is 5.92 Å². The third kappa shape index (κ3) is 3.40. The topological polar surface area (TPSA) is 12.0 Å². The van der Waals surface area contributed by atoms with Crippen LogP contribution in [0.25, 0.3) is 0 Å². The Balaban J connectivity index is 1.83. The molecule has 1 aliphatic carbocycles. The van der Waals surface area contributed by atoms with Crippen LogP contribution in [-0.4, -0.2) is 18.8 Å². The van der Waals surface area contributed by atoms with Crippen LogP contribution >= 0.6 is 23.4 Å². The zero-order valence-corrected chi connectivity index (χ0v) is 10.4. The number of halogens is 1. The van der Waals surface area contributed by atoms with Crippen LogP contribution in [0.4, 0.5) is 0 Å². The van der Waals surface area contributed by atoms with E-state index < -0.39 is 0 Å². The van der Waals surface area contributed by atoms with Gasteiger partial charge in [0, 0.05) is 21.7 Å². The highest BCUT2D eigenvalue weighted by Gasteiger charge is 2.29. The molecule has 1 fully saturated rings. The second-order valence-corrected chi connectivity index (χ2v) is 5.53. The lowest BCUT2D eigenvalue weighted by Gasteiger charge is -2.14. The minimum absolute atomic E-state index is 0.672. The largest absolute Gasteiger partial charge is 0.316 e. The van der Waals surface area contributed by atoms with E-state index in [4.69, 9.17) is 11.6 Å². The molecule has 0 aromatic heterocycles. The Morgan fingerprint density at radius 2 is 2.07 bits per heavy atom. The molecule has 82 valence electrons. The molecule has 2 rings (SSSR count). The average molecular weight is 242 g/mol. The average Bonchev–Trinajstić information content (AvgIpc) is 3.06. The normalized spacial score (nSPS) is 17.7. The third-order valence-electron chi connectivity index (χ3n) is 2.81. The van der Waals surface area contributed by atoms with Gasteiger partial charge in [-0.15, -0.1) is 11.8 Å². The predicted octanol–water partition coefficient (Wildman–Crippen LogP) is 3.43. The van der Waals surface area contributed by atoms with Crippen LogP contribution in [0.1, 0.15) is 12.8 Å². The lowest BCUT2D eigenvalue weighted by molar-refractivity contribution is 0.554. The Bertz CT molecular complexity index is 308. The van der Waals surface area contributed by atoms with Gasteiger partial charge in [0.1, 0.15) is 0 Å². The van der Waals surface area contributed by atoms with Gasteiger partial charge in [-0.3, -0.25) is 0 Å². The van der Waals surface area contributed by atoms with Crippen LogP contribution in [-0.2, 0) is 0 Å². The number of rotatable bonds is 5.